The molecule has 0 aliphatic carbocycles. The molecule has 112 valence electrons. The summed E-state index contributed by atoms with van der Waals surface area (Å²) in [7, 11) is 0. The average Bonchev–Trinajstić information content (AvgIpc) is 2.49. The van der Waals surface area contributed by atoms with Crippen molar-refractivity contribution >= 4 is 23.2 Å². The molecule has 0 saturated heterocycles. The molecule has 0 saturated carbocycles. The highest BCUT2D eigenvalue weighted by Gasteiger charge is 2.03. The zero-order valence-electron chi connectivity index (χ0n) is 12.0. The molecule has 0 spiro atoms. The van der Waals surface area contributed by atoms with Crippen molar-refractivity contribution in [3.8, 4) is 5.75 Å². The number of hydrogen-bond donors (Lipinski definition) is 1. The van der Waals surface area contributed by atoms with Crippen molar-refractivity contribution in [2.24, 2.45) is 0 Å². The molecule has 2 aromatic rings. The molecule has 0 aliphatic rings. The van der Waals surface area contributed by atoms with E-state index in [9.17, 15) is 0 Å². The van der Waals surface area contributed by atoms with Gasteiger partial charge < -0.3 is 10.1 Å². The molecule has 0 heterocycles. The largest absolute Gasteiger partial charge is 0.487 e. The smallest absolute Gasteiger partial charge is 0.139 e. The second-order valence-corrected chi connectivity index (χ2v) is 5.70. The van der Waals surface area contributed by atoms with Crippen LogP contribution in [0.2, 0.25) is 10.0 Å². The molecule has 21 heavy (non-hydrogen) atoms. The summed E-state index contributed by atoms with van der Waals surface area (Å²) in [4.78, 5) is 0. The number of rotatable bonds is 7. The van der Waals surface area contributed by atoms with Gasteiger partial charge in [-0.2, -0.15) is 0 Å². The first kappa shape index (κ1) is 16.2. The van der Waals surface area contributed by atoms with E-state index in [4.69, 9.17) is 27.9 Å². The summed E-state index contributed by atoms with van der Waals surface area (Å²) in [6.45, 7) is 4.53. The molecule has 4 heteroatoms. The van der Waals surface area contributed by atoms with Gasteiger partial charge in [0.05, 0.1) is 5.02 Å². The van der Waals surface area contributed by atoms with Gasteiger partial charge in [0.15, 0.2) is 0 Å². The van der Waals surface area contributed by atoms with E-state index in [1.165, 1.54) is 5.56 Å². The molecule has 2 aromatic carbocycles. The van der Waals surface area contributed by atoms with E-state index >= 15 is 0 Å². The first-order valence-electron chi connectivity index (χ1n) is 7.05. The lowest BCUT2D eigenvalue weighted by atomic mass is 10.1. The summed E-state index contributed by atoms with van der Waals surface area (Å²) >= 11 is 12.0. The number of halogens is 2. The minimum atomic E-state index is 0.474. The van der Waals surface area contributed by atoms with E-state index in [0.717, 1.165) is 25.1 Å². The topological polar surface area (TPSA) is 21.3 Å². The molecule has 0 atom stereocenters. The summed E-state index contributed by atoms with van der Waals surface area (Å²) < 4.78 is 5.75. The monoisotopic (exact) mass is 323 g/mol. The fourth-order valence-electron chi connectivity index (χ4n) is 1.99. The van der Waals surface area contributed by atoms with Gasteiger partial charge in [-0.1, -0.05) is 54.4 Å². The van der Waals surface area contributed by atoms with Crippen molar-refractivity contribution in [1.29, 1.82) is 0 Å². The van der Waals surface area contributed by atoms with Gasteiger partial charge in [-0.15, -0.1) is 0 Å². The fraction of sp³-hybridized carbons (Fsp3) is 0.294. The van der Waals surface area contributed by atoms with Crippen LogP contribution in [0.5, 0.6) is 5.75 Å². The summed E-state index contributed by atoms with van der Waals surface area (Å²) in [6.07, 6.45) is 1.13. The minimum absolute atomic E-state index is 0.474. The first-order valence-corrected chi connectivity index (χ1v) is 7.81. The Morgan fingerprint density at radius 3 is 2.67 bits per heavy atom. The maximum Gasteiger partial charge on any atom is 0.139 e. The summed E-state index contributed by atoms with van der Waals surface area (Å²) in [5, 5.41) is 4.58. The zero-order chi connectivity index (χ0) is 15.1. The van der Waals surface area contributed by atoms with E-state index in [-0.39, 0.29) is 0 Å². The standard InChI is InChI=1S/C17H19Cl2NO/c1-2-8-20-11-13-4-3-5-14(9-13)12-21-17-10-15(18)6-7-16(17)19/h3-7,9-10,20H,2,8,11-12H2,1H3. The van der Waals surface area contributed by atoms with Crippen LogP contribution >= 0.6 is 23.2 Å². The zero-order valence-corrected chi connectivity index (χ0v) is 13.5. The molecule has 0 aromatic heterocycles. The van der Waals surface area contributed by atoms with Crippen LogP contribution < -0.4 is 10.1 Å². The molecule has 1 N–H and O–H groups in total. The van der Waals surface area contributed by atoms with Gasteiger partial charge in [0, 0.05) is 17.6 Å². The lowest BCUT2D eigenvalue weighted by molar-refractivity contribution is 0.306. The first-order chi connectivity index (χ1) is 10.2. The van der Waals surface area contributed by atoms with Crippen molar-refractivity contribution in [1.82, 2.24) is 5.32 Å². The molecule has 2 nitrogen and oxygen atoms in total. The Kier molecular flexibility index (Phi) is 6.37. The highest BCUT2D eigenvalue weighted by Crippen LogP contribution is 2.28. The van der Waals surface area contributed by atoms with Crippen molar-refractivity contribution in [2.45, 2.75) is 26.5 Å². The van der Waals surface area contributed by atoms with Gasteiger partial charge in [0.2, 0.25) is 0 Å². The van der Waals surface area contributed by atoms with Crippen molar-refractivity contribution in [3.05, 3.63) is 63.6 Å². The van der Waals surface area contributed by atoms with Gasteiger partial charge >= 0.3 is 0 Å². The highest BCUT2D eigenvalue weighted by molar-refractivity contribution is 6.34. The van der Waals surface area contributed by atoms with Crippen molar-refractivity contribution in [2.75, 3.05) is 6.54 Å². The minimum Gasteiger partial charge on any atom is -0.487 e. The lowest BCUT2D eigenvalue weighted by Gasteiger charge is -2.10. The van der Waals surface area contributed by atoms with Crippen LogP contribution in [0.1, 0.15) is 24.5 Å². The second-order valence-electron chi connectivity index (χ2n) is 4.86. The Bertz CT molecular complexity index is 587. The Morgan fingerprint density at radius 1 is 1.05 bits per heavy atom. The molecular weight excluding hydrogens is 305 g/mol. The highest BCUT2D eigenvalue weighted by atomic mass is 35.5. The van der Waals surface area contributed by atoms with E-state index in [1.807, 2.05) is 12.1 Å². The Morgan fingerprint density at radius 2 is 1.86 bits per heavy atom. The van der Waals surface area contributed by atoms with E-state index in [1.54, 1.807) is 18.2 Å². The maximum absolute atomic E-state index is 6.08. The third-order valence-corrected chi connectivity index (χ3v) is 3.58. The molecule has 0 bridgehead atoms. The Labute approximate surface area is 136 Å². The third-order valence-electron chi connectivity index (χ3n) is 3.03. The number of ether oxygens (including phenoxy) is 1. The number of benzene rings is 2. The Balaban J connectivity index is 1.96. The summed E-state index contributed by atoms with van der Waals surface area (Å²) in [6, 6.07) is 13.6. The van der Waals surface area contributed by atoms with Gasteiger partial charge in [-0.05, 0) is 36.2 Å². The third kappa shape index (κ3) is 5.24. The van der Waals surface area contributed by atoms with Crippen LogP contribution in [-0.2, 0) is 13.2 Å². The van der Waals surface area contributed by atoms with Crippen molar-refractivity contribution in [3.63, 3.8) is 0 Å². The van der Waals surface area contributed by atoms with E-state index in [0.29, 0.717) is 22.4 Å². The normalized spacial score (nSPS) is 10.6. The van der Waals surface area contributed by atoms with Crippen LogP contribution in [-0.4, -0.2) is 6.54 Å². The molecule has 0 radical (unpaired) electrons. The van der Waals surface area contributed by atoms with Crippen LogP contribution in [0.4, 0.5) is 0 Å². The summed E-state index contributed by atoms with van der Waals surface area (Å²) in [5.41, 5.74) is 2.36. The molecule has 0 aliphatic heterocycles. The van der Waals surface area contributed by atoms with E-state index < -0.39 is 0 Å². The van der Waals surface area contributed by atoms with Crippen LogP contribution in [0, 0.1) is 0 Å². The van der Waals surface area contributed by atoms with E-state index in [2.05, 4.69) is 24.4 Å². The van der Waals surface area contributed by atoms with Crippen LogP contribution in [0.25, 0.3) is 0 Å². The quantitative estimate of drug-likeness (QED) is 0.718. The second kappa shape index (κ2) is 8.28. The Hall–Kier alpha value is -1.22. The fourth-order valence-corrected chi connectivity index (χ4v) is 2.32. The predicted octanol–water partition coefficient (Wildman–Crippen LogP) is 5.07. The van der Waals surface area contributed by atoms with Gasteiger partial charge in [0.1, 0.15) is 12.4 Å². The molecule has 0 amide bonds. The average molecular weight is 324 g/mol. The lowest BCUT2D eigenvalue weighted by Crippen LogP contribution is -2.13. The number of hydrogen-bond acceptors (Lipinski definition) is 2. The molecule has 2 rings (SSSR count). The molecule has 0 fully saturated rings. The molecular formula is C17H19Cl2NO. The van der Waals surface area contributed by atoms with Crippen LogP contribution in [0.3, 0.4) is 0 Å². The predicted molar refractivity (Wildman–Crippen MR) is 89.2 cm³/mol. The van der Waals surface area contributed by atoms with Gasteiger partial charge in [0.25, 0.3) is 0 Å². The number of nitrogens with one attached hydrogen (secondary N) is 1. The van der Waals surface area contributed by atoms with Gasteiger partial charge in [-0.25, -0.2) is 0 Å². The van der Waals surface area contributed by atoms with Crippen molar-refractivity contribution < 1.29 is 4.74 Å². The molecule has 0 unspecified atom stereocenters. The SMILES string of the molecule is CCCNCc1cccc(COc2cc(Cl)ccc2Cl)c1. The maximum atomic E-state index is 6.08. The van der Waals surface area contributed by atoms with Crippen LogP contribution in [0.15, 0.2) is 42.5 Å². The van der Waals surface area contributed by atoms with Gasteiger partial charge in [-0.3, -0.25) is 0 Å². The summed E-state index contributed by atoms with van der Waals surface area (Å²) in [5.74, 6) is 0.610.